The van der Waals surface area contributed by atoms with Gasteiger partial charge >= 0.3 is 0 Å². The Labute approximate surface area is 149 Å². The van der Waals surface area contributed by atoms with Crippen molar-refractivity contribution in [3.8, 4) is 11.5 Å². The number of aryl methyl sites for hydroxylation is 1. The van der Waals surface area contributed by atoms with E-state index in [1.807, 2.05) is 32.0 Å². The molecule has 0 radical (unpaired) electrons. The molecule has 2 aromatic rings. The van der Waals surface area contributed by atoms with Gasteiger partial charge in [-0.15, -0.1) is 0 Å². The van der Waals surface area contributed by atoms with Gasteiger partial charge in [-0.3, -0.25) is 4.79 Å². The van der Waals surface area contributed by atoms with Crippen LogP contribution in [-0.4, -0.2) is 23.3 Å². The number of rotatable bonds is 6. The Morgan fingerprint density at radius 1 is 1.25 bits per heavy atom. The van der Waals surface area contributed by atoms with Crippen molar-refractivity contribution in [2.75, 3.05) is 6.61 Å². The van der Waals surface area contributed by atoms with Crippen LogP contribution in [0.15, 0.2) is 52.0 Å². The molecule has 5 nitrogen and oxygen atoms in total. The number of hydrogen-bond acceptors (Lipinski definition) is 4. The van der Waals surface area contributed by atoms with Gasteiger partial charge in [-0.05, 0) is 66.9 Å². The lowest BCUT2D eigenvalue weighted by molar-refractivity contribution is -0.123. The van der Waals surface area contributed by atoms with Crippen molar-refractivity contribution in [2.45, 2.75) is 20.3 Å². The first-order valence-electron chi connectivity index (χ1n) is 7.53. The lowest BCUT2D eigenvalue weighted by Gasteiger charge is -2.09. The molecule has 0 bridgehead atoms. The predicted octanol–water partition coefficient (Wildman–Crippen LogP) is 3.77. The van der Waals surface area contributed by atoms with E-state index < -0.39 is 0 Å². The number of nitrogens with one attached hydrogen (secondary N) is 1. The molecular formula is C18H19BrN2O3. The summed E-state index contributed by atoms with van der Waals surface area (Å²) in [7, 11) is 0. The van der Waals surface area contributed by atoms with Gasteiger partial charge in [-0.1, -0.05) is 22.9 Å². The molecular weight excluding hydrogens is 372 g/mol. The number of amides is 1. The molecule has 0 saturated heterocycles. The molecule has 0 aliphatic rings. The van der Waals surface area contributed by atoms with E-state index in [4.69, 9.17) is 4.74 Å². The normalized spacial score (nSPS) is 11.2. The van der Waals surface area contributed by atoms with Crippen LogP contribution in [0.2, 0.25) is 0 Å². The zero-order valence-electron chi connectivity index (χ0n) is 13.5. The molecule has 2 rings (SSSR count). The van der Waals surface area contributed by atoms with Crippen LogP contribution in [-0.2, 0) is 4.79 Å². The summed E-state index contributed by atoms with van der Waals surface area (Å²) in [4.78, 5) is 11.9. The standard InChI is InChI=1S/C18H19BrN2O3/c1-3-16(13-4-7-15(22)8-5-13)20-21-18(23)11-24-17-9-6-14(19)10-12(17)2/h4-10,22H,3,11H2,1-2H3,(H,21,23)/b20-16+. The van der Waals surface area contributed by atoms with Crippen molar-refractivity contribution < 1.29 is 14.6 Å². The first-order valence-corrected chi connectivity index (χ1v) is 8.32. The molecule has 0 unspecified atom stereocenters. The third kappa shape index (κ3) is 5.09. The van der Waals surface area contributed by atoms with Gasteiger partial charge in [0.2, 0.25) is 0 Å². The van der Waals surface area contributed by atoms with Gasteiger partial charge < -0.3 is 9.84 Å². The van der Waals surface area contributed by atoms with Gasteiger partial charge in [0.1, 0.15) is 11.5 Å². The summed E-state index contributed by atoms with van der Waals surface area (Å²) >= 11 is 3.38. The van der Waals surface area contributed by atoms with Crippen LogP contribution < -0.4 is 10.2 Å². The molecule has 0 aromatic heterocycles. The summed E-state index contributed by atoms with van der Waals surface area (Å²) in [5.41, 5.74) is 5.02. The third-order valence-corrected chi connectivity index (χ3v) is 3.84. The van der Waals surface area contributed by atoms with Gasteiger partial charge in [0.05, 0.1) is 5.71 Å². The van der Waals surface area contributed by atoms with Crippen LogP contribution >= 0.6 is 15.9 Å². The number of phenols is 1. The number of hydrogen-bond donors (Lipinski definition) is 2. The maximum Gasteiger partial charge on any atom is 0.277 e. The maximum atomic E-state index is 11.9. The van der Waals surface area contributed by atoms with Crippen LogP contribution in [0.5, 0.6) is 11.5 Å². The number of ether oxygens (including phenoxy) is 1. The van der Waals surface area contributed by atoms with Crippen LogP contribution in [0.1, 0.15) is 24.5 Å². The van der Waals surface area contributed by atoms with E-state index in [1.54, 1.807) is 24.3 Å². The minimum Gasteiger partial charge on any atom is -0.508 e. The second kappa shape index (κ2) is 8.49. The molecule has 24 heavy (non-hydrogen) atoms. The van der Waals surface area contributed by atoms with E-state index in [1.165, 1.54) is 0 Å². The van der Waals surface area contributed by atoms with Crippen LogP contribution in [0.3, 0.4) is 0 Å². The lowest BCUT2D eigenvalue weighted by atomic mass is 10.1. The molecule has 0 atom stereocenters. The Bertz CT molecular complexity index is 742. The molecule has 0 heterocycles. The summed E-state index contributed by atoms with van der Waals surface area (Å²) in [6.45, 7) is 3.74. The molecule has 2 aromatic carbocycles. The minimum atomic E-state index is -0.331. The Morgan fingerprint density at radius 2 is 1.96 bits per heavy atom. The second-order valence-corrected chi connectivity index (χ2v) is 6.11. The fraction of sp³-hybridized carbons (Fsp3) is 0.222. The van der Waals surface area contributed by atoms with Crippen LogP contribution in [0, 0.1) is 6.92 Å². The average molecular weight is 391 g/mol. The molecule has 1 amide bonds. The fourth-order valence-corrected chi connectivity index (χ4v) is 2.56. The van der Waals surface area contributed by atoms with Gasteiger partial charge in [0.25, 0.3) is 5.91 Å². The highest BCUT2D eigenvalue weighted by Gasteiger charge is 2.06. The summed E-state index contributed by atoms with van der Waals surface area (Å²) in [6, 6.07) is 12.3. The van der Waals surface area contributed by atoms with Gasteiger partial charge in [-0.25, -0.2) is 5.43 Å². The van der Waals surface area contributed by atoms with Crippen molar-refractivity contribution in [1.29, 1.82) is 0 Å². The maximum absolute atomic E-state index is 11.9. The van der Waals surface area contributed by atoms with Gasteiger partial charge in [0.15, 0.2) is 6.61 Å². The SMILES string of the molecule is CC/C(=N\NC(=O)COc1ccc(Br)cc1C)c1ccc(O)cc1. The summed E-state index contributed by atoms with van der Waals surface area (Å²) in [5, 5.41) is 13.5. The van der Waals surface area contributed by atoms with Crippen molar-refractivity contribution in [1.82, 2.24) is 5.43 Å². The van der Waals surface area contributed by atoms with E-state index in [0.717, 1.165) is 21.3 Å². The third-order valence-electron chi connectivity index (χ3n) is 3.35. The predicted molar refractivity (Wildman–Crippen MR) is 97.5 cm³/mol. The molecule has 6 heteroatoms. The second-order valence-electron chi connectivity index (χ2n) is 5.19. The van der Waals surface area contributed by atoms with Crippen molar-refractivity contribution in [3.05, 3.63) is 58.1 Å². The van der Waals surface area contributed by atoms with Gasteiger partial charge in [-0.2, -0.15) is 5.10 Å². The molecule has 0 saturated carbocycles. The number of nitrogens with zero attached hydrogens (tertiary/aromatic N) is 1. The van der Waals surface area contributed by atoms with E-state index in [0.29, 0.717) is 12.2 Å². The summed E-state index contributed by atoms with van der Waals surface area (Å²) < 4.78 is 6.47. The Kier molecular flexibility index (Phi) is 6.37. The average Bonchev–Trinajstić information content (AvgIpc) is 2.56. The smallest absolute Gasteiger partial charge is 0.277 e. The fourth-order valence-electron chi connectivity index (χ4n) is 2.08. The zero-order chi connectivity index (χ0) is 17.5. The molecule has 0 fully saturated rings. The number of hydrazone groups is 1. The monoisotopic (exact) mass is 390 g/mol. The summed E-state index contributed by atoms with van der Waals surface area (Å²) in [6.07, 6.45) is 0.651. The summed E-state index contributed by atoms with van der Waals surface area (Å²) in [5.74, 6) is 0.519. The van der Waals surface area contributed by atoms with E-state index in [9.17, 15) is 9.90 Å². The topological polar surface area (TPSA) is 70.9 Å². The van der Waals surface area contributed by atoms with Crippen molar-refractivity contribution >= 4 is 27.5 Å². The Morgan fingerprint density at radius 3 is 2.58 bits per heavy atom. The highest BCUT2D eigenvalue weighted by Crippen LogP contribution is 2.21. The van der Waals surface area contributed by atoms with Crippen molar-refractivity contribution in [2.24, 2.45) is 5.10 Å². The zero-order valence-corrected chi connectivity index (χ0v) is 15.1. The number of benzene rings is 2. The minimum absolute atomic E-state index is 0.113. The highest BCUT2D eigenvalue weighted by atomic mass is 79.9. The molecule has 0 spiro atoms. The quantitative estimate of drug-likeness (QED) is 0.582. The highest BCUT2D eigenvalue weighted by molar-refractivity contribution is 9.10. The van der Waals surface area contributed by atoms with E-state index in [-0.39, 0.29) is 18.3 Å². The number of halogens is 1. The Hall–Kier alpha value is -2.34. The number of aromatic hydroxyl groups is 1. The Balaban J connectivity index is 1.94. The lowest BCUT2D eigenvalue weighted by Crippen LogP contribution is -2.26. The first kappa shape index (κ1) is 18.0. The number of carbonyl (C=O) groups is 1. The molecule has 0 aliphatic carbocycles. The van der Waals surface area contributed by atoms with Crippen LogP contribution in [0.4, 0.5) is 0 Å². The molecule has 0 aliphatic heterocycles. The first-order chi connectivity index (χ1) is 11.5. The molecule has 2 N–H and O–H groups in total. The van der Waals surface area contributed by atoms with E-state index >= 15 is 0 Å². The van der Waals surface area contributed by atoms with Crippen molar-refractivity contribution in [3.63, 3.8) is 0 Å². The number of phenolic OH excluding ortho intramolecular Hbond substituents is 1. The van der Waals surface area contributed by atoms with Gasteiger partial charge in [0, 0.05) is 4.47 Å². The van der Waals surface area contributed by atoms with Crippen LogP contribution in [0.25, 0.3) is 0 Å². The van der Waals surface area contributed by atoms with E-state index in [2.05, 4.69) is 26.5 Å². The largest absolute Gasteiger partial charge is 0.508 e. The molecule has 126 valence electrons. The number of carbonyl (C=O) groups excluding carboxylic acids is 1.